The highest BCUT2D eigenvalue weighted by Gasteiger charge is 2.71. The van der Waals surface area contributed by atoms with E-state index < -0.39 is 28.3 Å². The van der Waals surface area contributed by atoms with Gasteiger partial charge in [0.05, 0.1) is 24.2 Å². The van der Waals surface area contributed by atoms with Crippen molar-refractivity contribution in [3.63, 3.8) is 0 Å². The van der Waals surface area contributed by atoms with Crippen molar-refractivity contribution in [2.45, 2.75) is 77.3 Å². The molecule has 160 valence electrons. The highest BCUT2D eigenvalue weighted by molar-refractivity contribution is 5.68. The second-order valence-electron chi connectivity index (χ2n) is 9.98. The van der Waals surface area contributed by atoms with E-state index >= 15 is 0 Å². The number of hydrogen-bond donors (Lipinski definition) is 2. The second kappa shape index (κ2) is 6.30. The van der Waals surface area contributed by atoms with Crippen LogP contribution in [0.15, 0.2) is 18.2 Å². The van der Waals surface area contributed by atoms with Crippen molar-refractivity contribution in [1.82, 2.24) is 0 Å². The molecule has 29 heavy (non-hydrogen) atoms. The summed E-state index contributed by atoms with van der Waals surface area (Å²) in [5.41, 5.74) is -0.360. The molecule has 2 aliphatic carbocycles. The third-order valence-electron chi connectivity index (χ3n) is 8.57. The van der Waals surface area contributed by atoms with E-state index in [0.29, 0.717) is 12.8 Å². The van der Waals surface area contributed by atoms with Gasteiger partial charge in [0.1, 0.15) is 17.0 Å². The molecule has 6 atom stereocenters. The third kappa shape index (κ3) is 2.42. The van der Waals surface area contributed by atoms with E-state index in [0.717, 1.165) is 22.4 Å². The molecule has 1 heterocycles. The predicted molar refractivity (Wildman–Crippen MR) is 111 cm³/mol. The standard InChI is InChI=1S/C24H34O5/c1-14-17-10-11-22(6)23(26)12-13-24(22,18(17)8-9-19(14)27-7)29-28-21(4,5)15(2)20(25)16(23)3/h8-11,15-16,20,25-26H,12-13H2,1-7H3/t15-,16+,20+,22+,23-,24-/m0/s1. The van der Waals surface area contributed by atoms with Gasteiger partial charge < -0.3 is 14.9 Å². The molecular formula is C24H34O5. The van der Waals surface area contributed by atoms with Crippen LogP contribution in [0.2, 0.25) is 0 Å². The number of rotatable bonds is 1. The molecule has 1 aromatic carbocycles. The summed E-state index contributed by atoms with van der Waals surface area (Å²) in [6.07, 6.45) is 4.52. The molecule has 4 rings (SSSR count). The molecule has 1 saturated carbocycles. The molecule has 0 unspecified atom stereocenters. The molecule has 0 spiro atoms. The van der Waals surface area contributed by atoms with Crippen molar-refractivity contribution in [3.8, 4) is 5.75 Å². The highest BCUT2D eigenvalue weighted by atomic mass is 17.2. The van der Waals surface area contributed by atoms with E-state index in [1.54, 1.807) is 7.11 Å². The minimum atomic E-state index is -1.13. The Hall–Kier alpha value is -1.40. The van der Waals surface area contributed by atoms with Gasteiger partial charge in [-0.1, -0.05) is 39.0 Å². The zero-order chi connectivity index (χ0) is 21.4. The average molecular weight is 403 g/mol. The molecule has 5 nitrogen and oxygen atoms in total. The Kier molecular flexibility index (Phi) is 4.53. The van der Waals surface area contributed by atoms with Crippen LogP contribution in [0.5, 0.6) is 5.75 Å². The molecule has 0 radical (unpaired) electrons. The maximum absolute atomic E-state index is 12.1. The first-order chi connectivity index (χ1) is 13.4. The van der Waals surface area contributed by atoms with Crippen molar-refractivity contribution < 1.29 is 24.7 Å². The summed E-state index contributed by atoms with van der Waals surface area (Å²) in [4.78, 5) is 12.5. The van der Waals surface area contributed by atoms with Crippen molar-refractivity contribution in [3.05, 3.63) is 34.9 Å². The summed E-state index contributed by atoms with van der Waals surface area (Å²) in [6, 6.07) is 4.00. The quantitative estimate of drug-likeness (QED) is 0.692. The lowest BCUT2D eigenvalue weighted by Crippen LogP contribution is -2.58. The molecule has 1 aliphatic heterocycles. The lowest BCUT2D eigenvalue weighted by molar-refractivity contribution is -0.435. The first-order valence-electron chi connectivity index (χ1n) is 10.6. The number of aliphatic hydroxyl groups excluding tert-OH is 1. The van der Waals surface area contributed by atoms with E-state index in [9.17, 15) is 10.2 Å². The predicted octanol–water partition coefficient (Wildman–Crippen LogP) is 4.13. The monoisotopic (exact) mass is 402 g/mol. The summed E-state index contributed by atoms with van der Waals surface area (Å²) in [7, 11) is 1.67. The van der Waals surface area contributed by atoms with Gasteiger partial charge in [-0.05, 0) is 56.4 Å². The Labute approximate surface area is 173 Å². The molecule has 2 bridgehead atoms. The maximum atomic E-state index is 12.1. The Morgan fingerprint density at radius 3 is 2.41 bits per heavy atom. The van der Waals surface area contributed by atoms with E-state index in [1.807, 2.05) is 53.7 Å². The van der Waals surface area contributed by atoms with Crippen LogP contribution in [0.3, 0.4) is 0 Å². The number of aliphatic hydroxyl groups is 2. The lowest BCUT2D eigenvalue weighted by Gasteiger charge is -2.51. The number of fused-ring (bicyclic) bond motifs is 1. The van der Waals surface area contributed by atoms with Gasteiger partial charge in [0, 0.05) is 11.8 Å². The van der Waals surface area contributed by atoms with Crippen LogP contribution >= 0.6 is 0 Å². The van der Waals surface area contributed by atoms with Crippen LogP contribution in [-0.4, -0.2) is 34.6 Å². The minimum Gasteiger partial charge on any atom is -0.496 e. The Balaban J connectivity index is 1.98. The Bertz CT molecular complexity index is 861. The first kappa shape index (κ1) is 20.9. The smallest absolute Gasteiger partial charge is 0.141 e. The molecule has 5 heteroatoms. The van der Waals surface area contributed by atoms with Gasteiger partial charge in [-0.2, -0.15) is 0 Å². The summed E-state index contributed by atoms with van der Waals surface area (Å²) in [5, 5.41) is 23.2. The molecule has 0 aromatic heterocycles. The zero-order valence-electron chi connectivity index (χ0n) is 18.6. The molecule has 1 saturated heterocycles. The summed E-state index contributed by atoms with van der Waals surface area (Å²) in [6.45, 7) is 11.8. The Morgan fingerprint density at radius 2 is 1.76 bits per heavy atom. The largest absolute Gasteiger partial charge is 0.496 e. The van der Waals surface area contributed by atoms with E-state index in [1.165, 1.54) is 0 Å². The molecular weight excluding hydrogens is 368 g/mol. The fourth-order valence-electron chi connectivity index (χ4n) is 5.93. The van der Waals surface area contributed by atoms with Crippen LogP contribution in [-0.2, 0) is 15.4 Å². The van der Waals surface area contributed by atoms with E-state index in [4.69, 9.17) is 14.5 Å². The lowest BCUT2D eigenvalue weighted by atomic mass is 9.58. The molecule has 3 aliphatic rings. The fraction of sp³-hybridized carbons (Fsp3) is 0.667. The van der Waals surface area contributed by atoms with Crippen molar-refractivity contribution >= 4 is 6.08 Å². The van der Waals surface area contributed by atoms with Gasteiger partial charge in [0.15, 0.2) is 0 Å². The number of ether oxygens (including phenoxy) is 1. The van der Waals surface area contributed by atoms with Gasteiger partial charge in [-0.15, -0.1) is 0 Å². The zero-order valence-corrected chi connectivity index (χ0v) is 18.6. The summed E-state index contributed by atoms with van der Waals surface area (Å²) >= 11 is 0. The number of hydrogen-bond acceptors (Lipinski definition) is 5. The normalized spacial score (nSPS) is 43.0. The third-order valence-corrected chi connectivity index (χ3v) is 8.57. The van der Waals surface area contributed by atoms with Crippen LogP contribution in [0, 0.1) is 24.2 Å². The van der Waals surface area contributed by atoms with Gasteiger partial charge >= 0.3 is 0 Å². The SMILES string of the molecule is COc1ccc2c(c1C)C=C[C@@]1(C)[C@]23CC[C@]1(O)[C@H](C)[C@H](O)[C@H](C)C(C)(C)OO3. The average Bonchev–Trinajstić information content (AvgIpc) is 2.94. The summed E-state index contributed by atoms with van der Waals surface area (Å²) in [5.74, 6) is 0.256. The molecule has 2 fully saturated rings. The van der Waals surface area contributed by atoms with Gasteiger partial charge in [-0.25, -0.2) is 9.78 Å². The van der Waals surface area contributed by atoms with Crippen LogP contribution in [0.4, 0.5) is 0 Å². The van der Waals surface area contributed by atoms with Gasteiger partial charge in [0.25, 0.3) is 0 Å². The topological polar surface area (TPSA) is 68.2 Å². The van der Waals surface area contributed by atoms with Crippen molar-refractivity contribution in [2.75, 3.05) is 7.11 Å². The van der Waals surface area contributed by atoms with Crippen molar-refractivity contribution in [2.24, 2.45) is 17.3 Å². The highest BCUT2D eigenvalue weighted by Crippen LogP contribution is 2.67. The maximum Gasteiger partial charge on any atom is 0.141 e. The number of benzene rings is 1. The van der Waals surface area contributed by atoms with Crippen LogP contribution in [0.25, 0.3) is 6.08 Å². The van der Waals surface area contributed by atoms with E-state index in [-0.39, 0.29) is 11.8 Å². The molecule has 1 aromatic rings. The van der Waals surface area contributed by atoms with Crippen molar-refractivity contribution in [1.29, 1.82) is 0 Å². The molecule has 2 N–H and O–H groups in total. The fourth-order valence-corrected chi connectivity index (χ4v) is 5.93. The van der Waals surface area contributed by atoms with E-state index in [2.05, 4.69) is 12.2 Å². The van der Waals surface area contributed by atoms with Gasteiger partial charge in [-0.3, -0.25) is 0 Å². The van der Waals surface area contributed by atoms with Crippen LogP contribution in [0.1, 0.15) is 64.2 Å². The van der Waals surface area contributed by atoms with Crippen LogP contribution < -0.4 is 4.74 Å². The molecule has 0 amide bonds. The number of methoxy groups -OCH3 is 1. The minimum absolute atomic E-state index is 0.219. The summed E-state index contributed by atoms with van der Waals surface area (Å²) < 4.78 is 5.52. The first-order valence-corrected chi connectivity index (χ1v) is 10.6. The van der Waals surface area contributed by atoms with Gasteiger partial charge in [0.2, 0.25) is 0 Å². The second-order valence-corrected chi connectivity index (χ2v) is 9.98. The Morgan fingerprint density at radius 1 is 1.07 bits per heavy atom.